The molecule has 1 saturated heterocycles. The third-order valence-electron chi connectivity index (χ3n) is 3.15. The zero-order valence-corrected chi connectivity index (χ0v) is 11.2. The molecule has 1 aromatic rings. The van der Waals surface area contributed by atoms with E-state index in [1.165, 1.54) is 25.9 Å². The van der Waals surface area contributed by atoms with Crippen molar-refractivity contribution in [2.24, 2.45) is 0 Å². The van der Waals surface area contributed by atoms with E-state index in [4.69, 9.17) is 11.6 Å². The Kier molecular flexibility index (Phi) is 4.18. The Bertz CT molecular complexity index is 357. The van der Waals surface area contributed by atoms with Crippen molar-refractivity contribution in [2.75, 3.05) is 38.1 Å². The maximum Gasteiger partial charge on any atom is 0.224 e. The van der Waals surface area contributed by atoms with Gasteiger partial charge in [-0.15, -0.1) is 0 Å². The number of likely N-dealkylation sites (tertiary alicyclic amines) is 1. The molecule has 0 aliphatic carbocycles. The average molecular weight is 255 g/mol. The summed E-state index contributed by atoms with van der Waals surface area (Å²) in [6, 6.07) is 1.97. The molecule has 1 aliphatic rings. The quantitative estimate of drug-likeness (QED) is 0.769. The highest BCUT2D eigenvalue weighted by Crippen LogP contribution is 2.14. The summed E-state index contributed by atoms with van der Waals surface area (Å²) in [4.78, 5) is 12.9. The molecule has 0 bridgehead atoms. The van der Waals surface area contributed by atoms with Crippen LogP contribution >= 0.6 is 11.6 Å². The van der Waals surface area contributed by atoms with Crippen LogP contribution in [0.4, 0.5) is 5.82 Å². The van der Waals surface area contributed by atoms with Crippen LogP contribution in [0, 0.1) is 6.92 Å². The Morgan fingerprint density at radius 1 is 1.35 bits per heavy atom. The molecular formula is C12H19ClN4. The van der Waals surface area contributed by atoms with Crippen LogP contribution in [-0.2, 0) is 0 Å². The van der Waals surface area contributed by atoms with Gasteiger partial charge in [-0.25, -0.2) is 9.97 Å². The molecule has 17 heavy (non-hydrogen) atoms. The predicted octanol–water partition coefficient (Wildman–Crippen LogP) is 1.97. The van der Waals surface area contributed by atoms with E-state index in [-0.39, 0.29) is 0 Å². The minimum atomic E-state index is 0.327. The monoisotopic (exact) mass is 254 g/mol. The number of halogens is 1. The fourth-order valence-electron chi connectivity index (χ4n) is 2.12. The third kappa shape index (κ3) is 3.54. The molecule has 0 atom stereocenters. The summed E-state index contributed by atoms with van der Waals surface area (Å²) in [6.07, 6.45) is 2.67. The molecule has 0 aromatic carbocycles. The molecule has 2 heterocycles. The Hall–Kier alpha value is -0.870. The normalized spacial score (nSPS) is 16.4. The second-order valence-electron chi connectivity index (χ2n) is 4.61. The fourth-order valence-corrected chi connectivity index (χ4v) is 2.34. The lowest BCUT2D eigenvalue weighted by molar-refractivity contribution is 0.346. The van der Waals surface area contributed by atoms with E-state index in [0.717, 1.165) is 24.6 Å². The molecule has 0 N–H and O–H groups in total. The highest BCUT2D eigenvalue weighted by atomic mass is 35.5. The number of hydrogen-bond acceptors (Lipinski definition) is 4. The minimum absolute atomic E-state index is 0.327. The molecule has 0 saturated carbocycles. The third-order valence-corrected chi connectivity index (χ3v) is 3.32. The largest absolute Gasteiger partial charge is 0.358 e. The van der Waals surface area contributed by atoms with Crippen LogP contribution in [0.15, 0.2) is 6.07 Å². The lowest BCUT2D eigenvalue weighted by Gasteiger charge is -2.22. The lowest BCUT2D eigenvalue weighted by Crippen LogP contribution is -2.31. The predicted molar refractivity (Wildman–Crippen MR) is 70.7 cm³/mol. The lowest BCUT2D eigenvalue weighted by atomic mass is 10.4. The average Bonchev–Trinajstić information content (AvgIpc) is 2.77. The molecule has 0 amide bonds. The van der Waals surface area contributed by atoms with Gasteiger partial charge in [0.25, 0.3) is 0 Å². The van der Waals surface area contributed by atoms with E-state index < -0.39 is 0 Å². The number of anilines is 1. The SMILES string of the molecule is Cc1cc(N(C)CCN2CCCC2)nc(Cl)n1. The Morgan fingerprint density at radius 2 is 2.06 bits per heavy atom. The van der Waals surface area contributed by atoms with Crippen molar-refractivity contribution in [3.8, 4) is 0 Å². The van der Waals surface area contributed by atoms with Crippen molar-refractivity contribution < 1.29 is 0 Å². The molecule has 0 unspecified atom stereocenters. The number of nitrogens with zero attached hydrogens (tertiary/aromatic N) is 4. The van der Waals surface area contributed by atoms with Crippen molar-refractivity contribution >= 4 is 17.4 Å². The Morgan fingerprint density at radius 3 is 2.71 bits per heavy atom. The Labute approximate surface area is 108 Å². The molecule has 5 heteroatoms. The number of hydrogen-bond donors (Lipinski definition) is 0. The zero-order chi connectivity index (χ0) is 12.3. The van der Waals surface area contributed by atoms with Crippen LogP contribution in [0.1, 0.15) is 18.5 Å². The highest BCUT2D eigenvalue weighted by molar-refractivity contribution is 6.28. The second-order valence-corrected chi connectivity index (χ2v) is 4.94. The molecule has 0 spiro atoms. The van der Waals surface area contributed by atoms with E-state index in [0.29, 0.717) is 5.28 Å². The molecule has 0 radical (unpaired) electrons. The maximum atomic E-state index is 5.86. The van der Waals surface area contributed by atoms with Gasteiger partial charge in [-0.05, 0) is 44.5 Å². The van der Waals surface area contributed by atoms with Gasteiger partial charge in [0, 0.05) is 31.9 Å². The summed E-state index contributed by atoms with van der Waals surface area (Å²) in [5.41, 5.74) is 0.910. The minimum Gasteiger partial charge on any atom is -0.358 e. The van der Waals surface area contributed by atoms with Gasteiger partial charge >= 0.3 is 0 Å². The Balaban J connectivity index is 1.91. The summed E-state index contributed by atoms with van der Waals surface area (Å²) in [5, 5.41) is 0.327. The van der Waals surface area contributed by atoms with Crippen molar-refractivity contribution in [3.63, 3.8) is 0 Å². The van der Waals surface area contributed by atoms with Gasteiger partial charge in [-0.2, -0.15) is 0 Å². The summed E-state index contributed by atoms with van der Waals surface area (Å²) in [7, 11) is 2.05. The fraction of sp³-hybridized carbons (Fsp3) is 0.667. The summed E-state index contributed by atoms with van der Waals surface area (Å²) in [5.74, 6) is 0.904. The van der Waals surface area contributed by atoms with Crippen molar-refractivity contribution in [2.45, 2.75) is 19.8 Å². The van der Waals surface area contributed by atoms with Gasteiger partial charge in [0.05, 0.1) is 0 Å². The first-order valence-corrected chi connectivity index (χ1v) is 6.47. The van der Waals surface area contributed by atoms with Gasteiger partial charge in [0.2, 0.25) is 5.28 Å². The molecule has 1 aliphatic heterocycles. The van der Waals surface area contributed by atoms with Crippen LogP contribution < -0.4 is 4.90 Å². The zero-order valence-electron chi connectivity index (χ0n) is 10.5. The molecule has 94 valence electrons. The molecular weight excluding hydrogens is 236 g/mol. The first kappa shape index (κ1) is 12.6. The van der Waals surface area contributed by atoms with Crippen molar-refractivity contribution in [3.05, 3.63) is 17.0 Å². The van der Waals surface area contributed by atoms with Crippen molar-refractivity contribution in [1.29, 1.82) is 0 Å². The highest BCUT2D eigenvalue weighted by Gasteiger charge is 2.12. The van der Waals surface area contributed by atoms with Crippen LogP contribution in [0.5, 0.6) is 0 Å². The molecule has 4 nitrogen and oxygen atoms in total. The van der Waals surface area contributed by atoms with Crippen molar-refractivity contribution in [1.82, 2.24) is 14.9 Å². The first-order valence-electron chi connectivity index (χ1n) is 6.10. The van der Waals surface area contributed by atoms with Crippen LogP contribution in [-0.4, -0.2) is 48.1 Å². The smallest absolute Gasteiger partial charge is 0.224 e. The maximum absolute atomic E-state index is 5.86. The molecule has 1 aromatic heterocycles. The van der Waals surface area contributed by atoms with E-state index >= 15 is 0 Å². The van der Waals surface area contributed by atoms with E-state index in [1.54, 1.807) is 0 Å². The molecule has 2 rings (SSSR count). The standard InChI is InChI=1S/C12H19ClN4/c1-10-9-11(15-12(13)14-10)16(2)7-8-17-5-3-4-6-17/h9H,3-8H2,1-2H3. The number of likely N-dealkylation sites (N-methyl/N-ethyl adjacent to an activating group) is 1. The van der Waals surface area contributed by atoms with Gasteiger partial charge in [0.1, 0.15) is 5.82 Å². The summed E-state index contributed by atoms with van der Waals surface area (Å²) in [6.45, 7) is 6.48. The topological polar surface area (TPSA) is 32.3 Å². The summed E-state index contributed by atoms with van der Waals surface area (Å²) >= 11 is 5.86. The van der Waals surface area contributed by atoms with Crippen LogP contribution in [0.25, 0.3) is 0 Å². The second kappa shape index (κ2) is 5.65. The first-order chi connectivity index (χ1) is 8.15. The van der Waals surface area contributed by atoms with Gasteiger partial charge in [-0.1, -0.05) is 0 Å². The van der Waals surface area contributed by atoms with Crippen LogP contribution in [0.3, 0.4) is 0 Å². The number of aromatic nitrogens is 2. The number of rotatable bonds is 4. The van der Waals surface area contributed by atoms with Crippen LogP contribution in [0.2, 0.25) is 5.28 Å². The summed E-state index contributed by atoms with van der Waals surface area (Å²) < 4.78 is 0. The van der Waals surface area contributed by atoms with Gasteiger partial charge in [-0.3, -0.25) is 0 Å². The van der Waals surface area contributed by atoms with Gasteiger partial charge < -0.3 is 9.80 Å². The molecule has 1 fully saturated rings. The van der Waals surface area contributed by atoms with E-state index in [9.17, 15) is 0 Å². The van der Waals surface area contributed by atoms with E-state index in [1.807, 2.05) is 20.0 Å². The number of aryl methyl sites for hydroxylation is 1. The van der Waals surface area contributed by atoms with E-state index in [2.05, 4.69) is 19.8 Å². The van der Waals surface area contributed by atoms with Gasteiger partial charge in [0.15, 0.2) is 0 Å².